The van der Waals surface area contributed by atoms with E-state index < -0.39 is 5.60 Å². The summed E-state index contributed by atoms with van der Waals surface area (Å²) in [6.07, 6.45) is 7.32. The molecule has 1 heterocycles. The predicted octanol–water partition coefficient (Wildman–Crippen LogP) is 3.31. The minimum Gasteiger partial charge on any atom is -0.444 e. The molecule has 0 bridgehead atoms. The van der Waals surface area contributed by atoms with Gasteiger partial charge in [0.2, 0.25) is 0 Å². The van der Waals surface area contributed by atoms with Crippen molar-refractivity contribution in [1.82, 2.24) is 10.2 Å². The number of carbonyl (C=O) groups is 1. The first-order valence-corrected chi connectivity index (χ1v) is 8.12. The number of nitrogens with zero attached hydrogens (tertiary/aromatic N) is 1. The lowest BCUT2D eigenvalue weighted by molar-refractivity contribution is 0.00636. The normalized spacial score (nSPS) is 28.7. The van der Waals surface area contributed by atoms with Crippen LogP contribution in [0.15, 0.2) is 0 Å². The van der Waals surface area contributed by atoms with Gasteiger partial charge in [0, 0.05) is 24.7 Å². The summed E-state index contributed by atoms with van der Waals surface area (Å²) < 4.78 is 5.53. The summed E-state index contributed by atoms with van der Waals surface area (Å²) in [7, 11) is 0. The molecular formula is C16H30N2O2. The van der Waals surface area contributed by atoms with E-state index in [0.29, 0.717) is 12.1 Å². The molecule has 1 aliphatic carbocycles. The third kappa shape index (κ3) is 4.11. The van der Waals surface area contributed by atoms with Gasteiger partial charge in [-0.1, -0.05) is 12.8 Å². The lowest BCUT2D eigenvalue weighted by atomic mass is 9.96. The number of carbonyl (C=O) groups excluding carboxylic acids is 1. The van der Waals surface area contributed by atoms with Crippen LogP contribution in [0.1, 0.15) is 66.2 Å². The van der Waals surface area contributed by atoms with Crippen LogP contribution in [0.25, 0.3) is 0 Å². The zero-order valence-corrected chi connectivity index (χ0v) is 13.4. The number of rotatable bonds is 2. The van der Waals surface area contributed by atoms with Gasteiger partial charge < -0.3 is 15.0 Å². The van der Waals surface area contributed by atoms with E-state index in [9.17, 15) is 4.79 Å². The van der Waals surface area contributed by atoms with Gasteiger partial charge in [0.05, 0.1) is 0 Å². The highest BCUT2D eigenvalue weighted by molar-refractivity contribution is 5.68. The summed E-state index contributed by atoms with van der Waals surface area (Å²) in [4.78, 5) is 14.2. The molecule has 0 aromatic heterocycles. The second-order valence-corrected chi connectivity index (χ2v) is 7.31. The lowest BCUT2D eigenvalue weighted by Crippen LogP contribution is -2.56. The van der Waals surface area contributed by atoms with Crippen LogP contribution in [0.4, 0.5) is 4.79 Å². The van der Waals surface area contributed by atoms with Gasteiger partial charge in [0.1, 0.15) is 5.60 Å². The van der Waals surface area contributed by atoms with Gasteiger partial charge in [0.15, 0.2) is 0 Å². The summed E-state index contributed by atoms with van der Waals surface area (Å²) in [5.74, 6) is 0. The fourth-order valence-electron chi connectivity index (χ4n) is 3.34. The third-order valence-corrected chi connectivity index (χ3v) is 4.42. The highest BCUT2D eigenvalue weighted by atomic mass is 16.6. The summed E-state index contributed by atoms with van der Waals surface area (Å²) in [6, 6.07) is 1.29. The number of hydrogen-bond donors (Lipinski definition) is 1. The molecule has 0 spiro atoms. The zero-order valence-electron chi connectivity index (χ0n) is 13.4. The quantitative estimate of drug-likeness (QED) is 0.845. The van der Waals surface area contributed by atoms with Crippen LogP contribution in [0.5, 0.6) is 0 Å². The van der Waals surface area contributed by atoms with Crippen LogP contribution < -0.4 is 5.32 Å². The molecular weight excluding hydrogens is 252 g/mol. The fraction of sp³-hybridized carbons (Fsp3) is 0.938. The first kappa shape index (κ1) is 15.6. The van der Waals surface area contributed by atoms with E-state index in [1.807, 2.05) is 25.7 Å². The molecule has 4 heteroatoms. The highest BCUT2D eigenvalue weighted by Crippen LogP contribution is 2.24. The largest absolute Gasteiger partial charge is 0.444 e. The molecule has 2 fully saturated rings. The van der Waals surface area contributed by atoms with E-state index in [4.69, 9.17) is 4.74 Å². The summed E-state index contributed by atoms with van der Waals surface area (Å²) >= 11 is 0. The molecule has 4 nitrogen and oxygen atoms in total. The SMILES string of the molecule is CC1C(NC2CCCC2)CCCN1C(=O)OC(C)(C)C. The van der Waals surface area contributed by atoms with Gasteiger partial charge in [0.25, 0.3) is 0 Å². The number of nitrogens with one attached hydrogen (secondary N) is 1. The Balaban J connectivity index is 1.91. The Hall–Kier alpha value is -0.770. The van der Waals surface area contributed by atoms with Crippen LogP contribution in [0.2, 0.25) is 0 Å². The summed E-state index contributed by atoms with van der Waals surface area (Å²) in [6.45, 7) is 8.74. The van der Waals surface area contributed by atoms with E-state index in [-0.39, 0.29) is 12.1 Å². The first-order valence-electron chi connectivity index (χ1n) is 8.12. The molecule has 2 aliphatic rings. The second-order valence-electron chi connectivity index (χ2n) is 7.31. The number of ether oxygens (including phenoxy) is 1. The monoisotopic (exact) mass is 282 g/mol. The number of hydrogen-bond acceptors (Lipinski definition) is 3. The van der Waals surface area contributed by atoms with Crippen molar-refractivity contribution in [2.75, 3.05) is 6.54 Å². The zero-order chi connectivity index (χ0) is 14.8. The Morgan fingerprint density at radius 2 is 1.80 bits per heavy atom. The van der Waals surface area contributed by atoms with Crippen LogP contribution in [0, 0.1) is 0 Å². The Bertz CT molecular complexity index is 332. The van der Waals surface area contributed by atoms with Crippen LogP contribution in [0.3, 0.4) is 0 Å². The minimum absolute atomic E-state index is 0.164. The van der Waals surface area contributed by atoms with Crippen molar-refractivity contribution >= 4 is 6.09 Å². The molecule has 0 aromatic carbocycles. The smallest absolute Gasteiger partial charge is 0.410 e. The molecule has 0 aromatic rings. The van der Waals surface area contributed by atoms with E-state index >= 15 is 0 Å². The fourth-order valence-corrected chi connectivity index (χ4v) is 3.34. The average molecular weight is 282 g/mol. The van der Waals surface area contributed by atoms with Gasteiger partial charge in [-0.3, -0.25) is 0 Å². The molecule has 1 amide bonds. The molecule has 1 aliphatic heterocycles. The van der Waals surface area contributed by atoms with Gasteiger partial charge in [-0.2, -0.15) is 0 Å². The maximum atomic E-state index is 12.3. The van der Waals surface area contributed by atoms with Crippen molar-refractivity contribution in [3.05, 3.63) is 0 Å². The van der Waals surface area contributed by atoms with Crippen molar-refractivity contribution in [2.24, 2.45) is 0 Å². The van der Waals surface area contributed by atoms with E-state index in [1.54, 1.807) is 0 Å². The molecule has 2 rings (SSSR count). The van der Waals surface area contributed by atoms with Gasteiger partial charge >= 0.3 is 6.09 Å². The number of piperidine rings is 1. The molecule has 2 unspecified atom stereocenters. The molecule has 1 saturated carbocycles. The highest BCUT2D eigenvalue weighted by Gasteiger charge is 2.34. The number of amides is 1. The summed E-state index contributed by atoms with van der Waals surface area (Å²) in [5.41, 5.74) is -0.414. The van der Waals surface area contributed by atoms with E-state index in [0.717, 1.165) is 19.4 Å². The molecule has 0 radical (unpaired) electrons. The average Bonchev–Trinajstić information content (AvgIpc) is 2.82. The van der Waals surface area contributed by atoms with E-state index in [1.165, 1.54) is 25.7 Å². The minimum atomic E-state index is -0.414. The van der Waals surface area contributed by atoms with Crippen LogP contribution in [-0.4, -0.2) is 41.3 Å². The Morgan fingerprint density at radius 1 is 1.15 bits per heavy atom. The standard InChI is InChI=1S/C16H30N2O2/c1-12-14(17-13-8-5-6-9-13)10-7-11-18(12)15(19)20-16(2,3)4/h12-14,17H,5-11H2,1-4H3. The Morgan fingerprint density at radius 3 is 2.40 bits per heavy atom. The van der Waals surface area contributed by atoms with Crippen molar-refractivity contribution in [3.63, 3.8) is 0 Å². The van der Waals surface area contributed by atoms with Gasteiger partial charge in [-0.05, 0) is 53.4 Å². The maximum Gasteiger partial charge on any atom is 0.410 e. The van der Waals surface area contributed by atoms with Crippen molar-refractivity contribution < 1.29 is 9.53 Å². The van der Waals surface area contributed by atoms with Crippen LogP contribution in [-0.2, 0) is 4.74 Å². The van der Waals surface area contributed by atoms with E-state index in [2.05, 4.69) is 12.2 Å². The second kappa shape index (κ2) is 6.33. The van der Waals surface area contributed by atoms with Gasteiger partial charge in [-0.25, -0.2) is 4.79 Å². The Labute approximate surface area is 123 Å². The van der Waals surface area contributed by atoms with Crippen molar-refractivity contribution in [1.29, 1.82) is 0 Å². The number of likely N-dealkylation sites (tertiary alicyclic amines) is 1. The predicted molar refractivity (Wildman–Crippen MR) is 80.8 cm³/mol. The molecule has 1 saturated heterocycles. The topological polar surface area (TPSA) is 41.6 Å². The van der Waals surface area contributed by atoms with Gasteiger partial charge in [-0.15, -0.1) is 0 Å². The maximum absolute atomic E-state index is 12.3. The third-order valence-electron chi connectivity index (χ3n) is 4.42. The van der Waals surface area contributed by atoms with Crippen molar-refractivity contribution in [2.45, 2.75) is 89.9 Å². The van der Waals surface area contributed by atoms with Crippen molar-refractivity contribution in [3.8, 4) is 0 Å². The Kier molecular flexibility index (Phi) is 4.95. The molecule has 116 valence electrons. The molecule has 2 atom stereocenters. The molecule has 20 heavy (non-hydrogen) atoms. The first-order chi connectivity index (χ1) is 9.37. The summed E-state index contributed by atoms with van der Waals surface area (Å²) in [5, 5.41) is 3.77. The lowest BCUT2D eigenvalue weighted by Gasteiger charge is -2.41. The molecule has 1 N–H and O–H groups in total. The van der Waals surface area contributed by atoms with Crippen LogP contribution >= 0.6 is 0 Å².